The van der Waals surface area contributed by atoms with E-state index in [1.807, 2.05) is 0 Å². The molecule has 0 spiro atoms. The third-order valence-corrected chi connectivity index (χ3v) is 3.89. The van der Waals surface area contributed by atoms with E-state index < -0.39 is 0 Å². The zero-order valence-electron chi connectivity index (χ0n) is 11.6. The summed E-state index contributed by atoms with van der Waals surface area (Å²) < 4.78 is 0. The Labute approximate surface area is 110 Å². The Kier molecular flexibility index (Phi) is 4.38. The highest BCUT2D eigenvalue weighted by molar-refractivity contribution is 5.86. The molecule has 2 unspecified atom stereocenters. The highest BCUT2D eigenvalue weighted by atomic mass is 14.9. The quantitative estimate of drug-likeness (QED) is 0.821. The molecule has 0 amide bonds. The van der Waals surface area contributed by atoms with Crippen molar-refractivity contribution in [2.24, 2.45) is 0 Å². The van der Waals surface area contributed by atoms with Gasteiger partial charge >= 0.3 is 0 Å². The van der Waals surface area contributed by atoms with Gasteiger partial charge in [-0.3, -0.25) is 0 Å². The summed E-state index contributed by atoms with van der Waals surface area (Å²) in [6.45, 7) is 4.58. The van der Waals surface area contributed by atoms with Crippen LogP contribution in [0.15, 0.2) is 42.5 Å². The highest BCUT2D eigenvalue weighted by Crippen LogP contribution is 2.28. The predicted octanol–water partition coefficient (Wildman–Crippen LogP) is 4.33. The summed E-state index contributed by atoms with van der Waals surface area (Å²) in [5, 5.41) is 6.20. The standard InChI is InChI=1S/C17H23N/c1-4-8-17(18-3)13(2)15-12-7-10-14-9-5-6-11-16(14)15/h5-7,9-13,17-18H,4,8H2,1-3H3. The lowest BCUT2D eigenvalue weighted by Crippen LogP contribution is -2.30. The maximum absolute atomic E-state index is 3.47. The lowest BCUT2D eigenvalue weighted by Gasteiger charge is -2.24. The summed E-state index contributed by atoms with van der Waals surface area (Å²) >= 11 is 0. The molecule has 0 radical (unpaired) electrons. The number of rotatable bonds is 5. The van der Waals surface area contributed by atoms with Crippen LogP contribution in [-0.4, -0.2) is 13.1 Å². The Hall–Kier alpha value is -1.34. The lowest BCUT2D eigenvalue weighted by molar-refractivity contribution is 0.453. The van der Waals surface area contributed by atoms with E-state index in [4.69, 9.17) is 0 Å². The Morgan fingerprint density at radius 2 is 1.78 bits per heavy atom. The molecule has 18 heavy (non-hydrogen) atoms. The number of hydrogen-bond acceptors (Lipinski definition) is 1. The van der Waals surface area contributed by atoms with Gasteiger partial charge < -0.3 is 5.32 Å². The van der Waals surface area contributed by atoms with Gasteiger partial charge in [0.15, 0.2) is 0 Å². The van der Waals surface area contributed by atoms with Gasteiger partial charge in [0.2, 0.25) is 0 Å². The van der Waals surface area contributed by atoms with Gasteiger partial charge in [-0.15, -0.1) is 0 Å². The van der Waals surface area contributed by atoms with Gasteiger partial charge in [-0.2, -0.15) is 0 Å². The molecule has 1 heteroatoms. The van der Waals surface area contributed by atoms with Crippen LogP contribution in [0.25, 0.3) is 10.8 Å². The Balaban J connectivity index is 2.40. The molecule has 1 nitrogen and oxygen atoms in total. The molecular formula is C17H23N. The van der Waals surface area contributed by atoms with Crippen LogP contribution >= 0.6 is 0 Å². The molecule has 0 fully saturated rings. The summed E-state index contributed by atoms with van der Waals surface area (Å²) in [6, 6.07) is 15.9. The second-order valence-corrected chi connectivity index (χ2v) is 5.04. The molecule has 2 atom stereocenters. The average molecular weight is 241 g/mol. The van der Waals surface area contributed by atoms with Gasteiger partial charge in [-0.25, -0.2) is 0 Å². The molecule has 0 heterocycles. The molecule has 2 aromatic rings. The van der Waals surface area contributed by atoms with E-state index in [0.717, 1.165) is 0 Å². The smallest absolute Gasteiger partial charge is 0.0130 e. The van der Waals surface area contributed by atoms with Gasteiger partial charge in [-0.05, 0) is 35.7 Å². The Bertz CT molecular complexity index is 498. The molecule has 0 aliphatic rings. The van der Waals surface area contributed by atoms with Crippen molar-refractivity contribution in [3.63, 3.8) is 0 Å². The molecule has 0 bridgehead atoms. The van der Waals surface area contributed by atoms with Crippen molar-refractivity contribution < 1.29 is 0 Å². The third kappa shape index (κ3) is 2.56. The fourth-order valence-electron chi connectivity index (χ4n) is 2.82. The van der Waals surface area contributed by atoms with Crippen LogP contribution in [-0.2, 0) is 0 Å². The highest BCUT2D eigenvalue weighted by Gasteiger charge is 2.17. The largest absolute Gasteiger partial charge is 0.316 e. The summed E-state index contributed by atoms with van der Waals surface area (Å²) in [7, 11) is 2.07. The average Bonchev–Trinajstić information content (AvgIpc) is 2.43. The lowest BCUT2D eigenvalue weighted by atomic mass is 9.87. The van der Waals surface area contributed by atoms with E-state index in [1.165, 1.54) is 29.2 Å². The van der Waals surface area contributed by atoms with Crippen LogP contribution in [0.2, 0.25) is 0 Å². The fraction of sp³-hybridized carbons (Fsp3) is 0.412. The topological polar surface area (TPSA) is 12.0 Å². The van der Waals surface area contributed by atoms with Crippen molar-refractivity contribution in [2.75, 3.05) is 7.05 Å². The zero-order valence-corrected chi connectivity index (χ0v) is 11.6. The van der Waals surface area contributed by atoms with E-state index in [2.05, 4.69) is 68.7 Å². The van der Waals surface area contributed by atoms with Gasteiger partial charge in [0, 0.05) is 6.04 Å². The van der Waals surface area contributed by atoms with Crippen LogP contribution in [0.4, 0.5) is 0 Å². The minimum Gasteiger partial charge on any atom is -0.316 e. The first kappa shape index (κ1) is 13.1. The van der Waals surface area contributed by atoms with E-state index in [0.29, 0.717) is 12.0 Å². The van der Waals surface area contributed by atoms with Crippen molar-refractivity contribution in [1.29, 1.82) is 0 Å². The van der Waals surface area contributed by atoms with E-state index in [1.54, 1.807) is 0 Å². The number of likely N-dealkylation sites (N-methyl/N-ethyl adjacent to an activating group) is 1. The Morgan fingerprint density at radius 3 is 2.50 bits per heavy atom. The van der Waals surface area contributed by atoms with Crippen LogP contribution in [0.3, 0.4) is 0 Å². The normalized spacial score (nSPS) is 14.6. The van der Waals surface area contributed by atoms with Crippen molar-refractivity contribution in [1.82, 2.24) is 5.32 Å². The maximum atomic E-state index is 3.47. The SMILES string of the molecule is CCCC(NC)C(C)c1cccc2ccccc12. The number of nitrogens with one attached hydrogen (secondary N) is 1. The first-order valence-electron chi connectivity index (χ1n) is 6.92. The first-order valence-corrected chi connectivity index (χ1v) is 6.92. The molecule has 2 aromatic carbocycles. The van der Waals surface area contributed by atoms with Crippen molar-refractivity contribution in [3.05, 3.63) is 48.0 Å². The summed E-state index contributed by atoms with van der Waals surface area (Å²) in [5.74, 6) is 0.543. The summed E-state index contributed by atoms with van der Waals surface area (Å²) in [4.78, 5) is 0. The molecule has 2 rings (SSSR count). The van der Waals surface area contributed by atoms with E-state index in [9.17, 15) is 0 Å². The second kappa shape index (κ2) is 6.01. The molecular weight excluding hydrogens is 218 g/mol. The van der Waals surface area contributed by atoms with Crippen LogP contribution < -0.4 is 5.32 Å². The van der Waals surface area contributed by atoms with Crippen LogP contribution in [0.1, 0.15) is 38.2 Å². The van der Waals surface area contributed by atoms with Crippen molar-refractivity contribution in [2.45, 2.75) is 38.6 Å². The Morgan fingerprint density at radius 1 is 1.06 bits per heavy atom. The third-order valence-electron chi connectivity index (χ3n) is 3.89. The maximum Gasteiger partial charge on any atom is 0.0130 e. The molecule has 0 saturated heterocycles. The fourth-order valence-corrected chi connectivity index (χ4v) is 2.82. The monoisotopic (exact) mass is 241 g/mol. The number of benzene rings is 2. The molecule has 0 saturated carbocycles. The van der Waals surface area contributed by atoms with Crippen LogP contribution in [0, 0.1) is 0 Å². The molecule has 0 aliphatic carbocycles. The summed E-state index contributed by atoms with van der Waals surface area (Å²) in [5.41, 5.74) is 1.46. The van der Waals surface area contributed by atoms with E-state index >= 15 is 0 Å². The van der Waals surface area contributed by atoms with Gasteiger partial charge in [-0.1, -0.05) is 62.7 Å². The first-order chi connectivity index (χ1) is 8.77. The molecule has 0 aromatic heterocycles. The van der Waals surface area contributed by atoms with Gasteiger partial charge in [0.05, 0.1) is 0 Å². The zero-order chi connectivity index (χ0) is 13.0. The second-order valence-electron chi connectivity index (χ2n) is 5.04. The van der Waals surface area contributed by atoms with Crippen molar-refractivity contribution >= 4 is 10.8 Å². The van der Waals surface area contributed by atoms with Crippen LogP contribution in [0.5, 0.6) is 0 Å². The van der Waals surface area contributed by atoms with Crippen molar-refractivity contribution in [3.8, 4) is 0 Å². The summed E-state index contributed by atoms with van der Waals surface area (Å²) in [6.07, 6.45) is 2.45. The number of hydrogen-bond donors (Lipinski definition) is 1. The molecule has 0 aliphatic heterocycles. The van der Waals surface area contributed by atoms with Gasteiger partial charge in [0.25, 0.3) is 0 Å². The predicted molar refractivity (Wildman–Crippen MR) is 80.1 cm³/mol. The van der Waals surface area contributed by atoms with Gasteiger partial charge in [0.1, 0.15) is 0 Å². The van der Waals surface area contributed by atoms with E-state index in [-0.39, 0.29) is 0 Å². The number of fused-ring (bicyclic) bond motifs is 1. The molecule has 96 valence electrons. The minimum atomic E-state index is 0.543. The minimum absolute atomic E-state index is 0.543. The molecule has 1 N–H and O–H groups in total.